The molecule has 1 aliphatic carbocycles. The first-order chi connectivity index (χ1) is 8.59. The van der Waals surface area contributed by atoms with E-state index in [2.05, 4.69) is 10.1 Å². The van der Waals surface area contributed by atoms with E-state index in [-0.39, 0.29) is 11.6 Å². The van der Waals surface area contributed by atoms with Crippen molar-refractivity contribution in [3.63, 3.8) is 0 Å². The molecule has 0 aliphatic heterocycles. The van der Waals surface area contributed by atoms with E-state index >= 15 is 0 Å². The lowest BCUT2D eigenvalue weighted by molar-refractivity contribution is 0.0969. The van der Waals surface area contributed by atoms with Crippen molar-refractivity contribution < 1.29 is 9.59 Å². The molecule has 5 nitrogen and oxygen atoms in total. The molecule has 0 radical (unpaired) electrons. The number of hydrogen-bond donors (Lipinski definition) is 0. The highest BCUT2D eigenvalue weighted by Gasteiger charge is 2.24. The number of fused-ring (bicyclic) bond motifs is 3. The topological polar surface area (TPSA) is 64.3 Å². The van der Waals surface area contributed by atoms with Crippen LogP contribution in [0, 0.1) is 6.92 Å². The van der Waals surface area contributed by atoms with E-state index in [1.807, 2.05) is 0 Å². The van der Waals surface area contributed by atoms with Gasteiger partial charge in [-0.05, 0) is 26.7 Å². The van der Waals surface area contributed by atoms with Crippen molar-refractivity contribution >= 4 is 17.2 Å². The van der Waals surface area contributed by atoms with Crippen LogP contribution in [0.2, 0.25) is 0 Å². The molecule has 2 aromatic heterocycles. The monoisotopic (exact) mass is 243 g/mol. The molecule has 0 fully saturated rings. The number of hydrogen-bond acceptors (Lipinski definition) is 4. The summed E-state index contributed by atoms with van der Waals surface area (Å²) in [6.07, 6.45) is 3.79. The summed E-state index contributed by atoms with van der Waals surface area (Å²) in [6.45, 7) is 3.30. The third kappa shape index (κ3) is 1.40. The zero-order valence-corrected chi connectivity index (χ0v) is 10.4. The lowest BCUT2D eigenvalue weighted by Gasteiger charge is -2.14. The van der Waals surface area contributed by atoms with Crippen molar-refractivity contribution in [3.05, 3.63) is 28.7 Å². The van der Waals surface area contributed by atoms with E-state index in [4.69, 9.17) is 0 Å². The average molecular weight is 243 g/mol. The van der Waals surface area contributed by atoms with Gasteiger partial charge < -0.3 is 0 Å². The van der Waals surface area contributed by atoms with Gasteiger partial charge in [0.2, 0.25) is 0 Å². The highest BCUT2D eigenvalue weighted by molar-refractivity contribution is 6.02. The third-order valence-electron chi connectivity index (χ3n) is 3.39. The molecular weight excluding hydrogens is 230 g/mol. The van der Waals surface area contributed by atoms with Crippen LogP contribution in [0.25, 0.3) is 5.65 Å². The number of nitrogens with zero attached hydrogens (tertiary/aromatic N) is 3. The Balaban J connectivity index is 2.37. The van der Waals surface area contributed by atoms with Crippen LogP contribution in [0.3, 0.4) is 0 Å². The smallest absolute Gasteiger partial charge is 0.166 e. The molecular formula is C13H13N3O2. The normalized spacial score (nSPS) is 14.9. The van der Waals surface area contributed by atoms with Gasteiger partial charge in [-0.25, -0.2) is 9.50 Å². The van der Waals surface area contributed by atoms with Crippen molar-refractivity contribution in [1.29, 1.82) is 0 Å². The highest BCUT2D eigenvalue weighted by atomic mass is 16.1. The summed E-state index contributed by atoms with van der Waals surface area (Å²) in [5.41, 5.74) is 3.31. The SMILES string of the molecule is CC(=O)c1c(C)nn2c3c(cnc12)C(=O)CCC3. The number of rotatable bonds is 1. The van der Waals surface area contributed by atoms with Crippen LogP contribution in [-0.2, 0) is 6.42 Å². The predicted octanol–water partition coefficient (Wildman–Crippen LogP) is 1.76. The molecule has 0 N–H and O–H groups in total. The summed E-state index contributed by atoms with van der Waals surface area (Å²) < 4.78 is 1.67. The fourth-order valence-corrected chi connectivity index (χ4v) is 2.57. The summed E-state index contributed by atoms with van der Waals surface area (Å²) in [5, 5.41) is 4.36. The lowest BCUT2D eigenvalue weighted by atomic mass is 9.96. The second-order valence-corrected chi connectivity index (χ2v) is 4.65. The van der Waals surface area contributed by atoms with Crippen LogP contribution in [0.5, 0.6) is 0 Å². The number of Topliss-reactive ketones (excluding diaryl/α,β-unsaturated/α-hetero) is 2. The summed E-state index contributed by atoms with van der Waals surface area (Å²) in [7, 11) is 0. The quantitative estimate of drug-likeness (QED) is 0.716. The number of ketones is 2. The van der Waals surface area contributed by atoms with Crippen molar-refractivity contribution in [2.75, 3.05) is 0 Å². The summed E-state index contributed by atoms with van der Waals surface area (Å²) in [6, 6.07) is 0. The minimum atomic E-state index is -0.0444. The van der Waals surface area contributed by atoms with E-state index in [1.165, 1.54) is 6.92 Å². The molecule has 0 bridgehead atoms. The van der Waals surface area contributed by atoms with Crippen molar-refractivity contribution in [3.8, 4) is 0 Å². The van der Waals surface area contributed by atoms with Gasteiger partial charge in [0.05, 0.1) is 22.5 Å². The number of aromatic nitrogens is 3. The molecule has 0 amide bonds. The van der Waals surface area contributed by atoms with Gasteiger partial charge in [-0.1, -0.05) is 0 Å². The first-order valence-corrected chi connectivity index (χ1v) is 6.01. The fourth-order valence-electron chi connectivity index (χ4n) is 2.57. The predicted molar refractivity (Wildman–Crippen MR) is 65.0 cm³/mol. The Morgan fingerprint density at radius 2 is 2.17 bits per heavy atom. The Morgan fingerprint density at radius 3 is 2.89 bits per heavy atom. The van der Waals surface area contributed by atoms with Crippen molar-refractivity contribution in [2.45, 2.75) is 33.1 Å². The highest BCUT2D eigenvalue weighted by Crippen LogP contribution is 2.23. The average Bonchev–Trinajstić information content (AvgIpc) is 2.66. The molecule has 3 rings (SSSR count). The molecule has 0 saturated carbocycles. The van der Waals surface area contributed by atoms with E-state index in [9.17, 15) is 9.59 Å². The molecule has 0 aromatic carbocycles. The Labute approximate surface area is 104 Å². The molecule has 0 unspecified atom stereocenters. The van der Waals surface area contributed by atoms with E-state index in [1.54, 1.807) is 17.6 Å². The molecule has 2 aromatic rings. The Kier molecular flexibility index (Phi) is 2.29. The first-order valence-electron chi connectivity index (χ1n) is 6.01. The third-order valence-corrected chi connectivity index (χ3v) is 3.39. The van der Waals surface area contributed by atoms with Gasteiger partial charge in [0.25, 0.3) is 0 Å². The number of carbonyl (C=O) groups is 2. The van der Waals surface area contributed by atoms with Crippen LogP contribution < -0.4 is 0 Å². The lowest BCUT2D eigenvalue weighted by Crippen LogP contribution is -2.16. The largest absolute Gasteiger partial charge is 0.294 e. The zero-order chi connectivity index (χ0) is 12.9. The van der Waals surface area contributed by atoms with Crippen molar-refractivity contribution in [2.24, 2.45) is 0 Å². The van der Waals surface area contributed by atoms with E-state index in [0.29, 0.717) is 28.9 Å². The van der Waals surface area contributed by atoms with Gasteiger partial charge in [-0.3, -0.25) is 9.59 Å². The Bertz CT molecular complexity index is 685. The second-order valence-electron chi connectivity index (χ2n) is 4.65. The van der Waals surface area contributed by atoms with Gasteiger partial charge >= 0.3 is 0 Å². The fraction of sp³-hybridized carbons (Fsp3) is 0.385. The first kappa shape index (κ1) is 11.1. The van der Waals surface area contributed by atoms with Crippen LogP contribution in [0.1, 0.15) is 51.9 Å². The Morgan fingerprint density at radius 1 is 1.39 bits per heavy atom. The molecule has 0 atom stereocenters. The van der Waals surface area contributed by atoms with Gasteiger partial charge in [0, 0.05) is 12.6 Å². The second kappa shape index (κ2) is 3.73. The summed E-state index contributed by atoms with van der Waals surface area (Å²) in [4.78, 5) is 27.7. The maximum absolute atomic E-state index is 11.8. The molecule has 1 aliphatic rings. The summed E-state index contributed by atoms with van der Waals surface area (Å²) in [5.74, 6) is 0.0697. The molecule has 0 saturated heterocycles. The molecule has 18 heavy (non-hydrogen) atoms. The van der Waals surface area contributed by atoms with Crippen LogP contribution in [0.4, 0.5) is 0 Å². The van der Waals surface area contributed by atoms with E-state index in [0.717, 1.165) is 18.5 Å². The number of carbonyl (C=O) groups excluding carboxylic acids is 2. The maximum atomic E-state index is 11.8. The van der Waals surface area contributed by atoms with Crippen LogP contribution in [-0.4, -0.2) is 26.2 Å². The minimum Gasteiger partial charge on any atom is -0.294 e. The zero-order valence-electron chi connectivity index (χ0n) is 10.4. The molecule has 92 valence electrons. The van der Waals surface area contributed by atoms with Gasteiger partial charge in [0.1, 0.15) is 0 Å². The van der Waals surface area contributed by atoms with Gasteiger partial charge in [-0.15, -0.1) is 0 Å². The van der Waals surface area contributed by atoms with Gasteiger partial charge in [0.15, 0.2) is 17.2 Å². The molecule has 0 spiro atoms. The van der Waals surface area contributed by atoms with Gasteiger partial charge in [-0.2, -0.15) is 5.10 Å². The van der Waals surface area contributed by atoms with Crippen LogP contribution >= 0.6 is 0 Å². The Hall–Kier alpha value is -2.04. The summed E-state index contributed by atoms with van der Waals surface area (Å²) >= 11 is 0. The standard InChI is InChI=1S/C13H13N3O2/c1-7-12(8(2)17)13-14-6-9-10(16(13)15-7)4-3-5-11(9)18/h6H,3-5H2,1-2H3. The number of aryl methyl sites for hydroxylation is 2. The van der Waals surface area contributed by atoms with Crippen LogP contribution in [0.15, 0.2) is 6.20 Å². The van der Waals surface area contributed by atoms with E-state index < -0.39 is 0 Å². The molecule has 5 heteroatoms. The molecule has 2 heterocycles. The van der Waals surface area contributed by atoms with Crippen molar-refractivity contribution in [1.82, 2.24) is 14.6 Å². The minimum absolute atomic E-state index is 0.0444. The maximum Gasteiger partial charge on any atom is 0.166 e.